The Bertz CT molecular complexity index is 1290. The van der Waals surface area contributed by atoms with Gasteiger partial charge in [0, 0.05) is 17.6 Å². The summed E-state index contributed by atoms with van der Waals surface area (Å²) in [5, 5.41) is 11.7. The van der Waals surface area contributed by atoms with Crippen molar-refractivity contribution in [1.82, 2.24) is 19.7 Å². The highest BCUT2D eigenvalue weighted by molar-refractivity contribution is 7.98. The number of benzene rings is 2. The molecule has 164 valence electrons. The summed E-state index contributed by atoms with van der Waals surface area (Å²) in [4.78, 5) is 22.2. The van der Waals surface area contributed by atoms with Crippen molar-refractivity contribution in [3.63, 3.8) is 0 Å². The van der Waals surface area contributed by atoms with Crippen LogP contribution in [-0.4, -0.2) is 25.7 Å². The van der Waals surface area contributed by atoms with Crippen LogP contribution in [-0.2, 0) is 10.5 Å². The van der Waals surface area contributed by atoms with Gasteiger partial charge in [0.15, 0.2) is 0 Å². The van der Waals surface area contributed by atoms with Gasteiger partial charge in [0.25, 0.3) is 5.91 Å². The monoisotopic (exact) mass is 454 g/mol. The quantitative estimate of drug-likeness (QED) is 0.404. The minimum atomic E-state index is -0.405. The molecule has 33 heavy (non-hydrogen) atoms. The Balaban J connectivity index is 1.48. The van der Waals surface area contributed by atoms with Crippen molar-refractivity contribution in [1.29, 1.82) is 0 Å². The first-order valence-electron chi connectivity index (χ1n) is 10.6. The highest BCUT2D eigenvalue weighted by Gasteiger charge is 2.34. The Morgan fingerprint density at radius 2 is 1.82 bits per heavy atom. The van der Waals surface area contributed by atoms with E-state index in [-0.39, 0.29) is 5.91 Å². The Morgan fingerprint density at radius 3 is 2.55 bits per heavy atom. The third-order valence-corrected chi connectivity index (χ3v) is 6.23. The predicted octanol–water partition coefficient (Wildman–Crippen LogP) is 4.89. The fraction of sp³-hybridized carbons (Fsp3) is 0.120. The number of carbonyl (C=O) groups is 1. The standard InChI is InChI=1S/C25H22N6OS/c1-17-21(23(32)28-20-13-8-14-26-15-20)22(19-11-6-3-7-12-19)31-24(27-17)29-25(30-31)33-16-18-9-4-2-5-10-18/h2-15,22H,16H2,1H3,(H,28,32)(H,27,29,30)/t22-/m1/s1. The lowest BCUT2D eigenvalue weighted by atomic mass is 9.95. The minimum Gasteiger partial charge on any atom is -0.328 e. The molecule has 0 saturated carbocycles. The van der Waals surface area contributed by atoms with Crippen LogP contribution in [0.1, 0.15) is 24.1 Å². The summed E-state index contributed by atoms with van der Waals surface area (Å²) < 4.78 is 1.80. The number of pyridine rings is 1. The van der Waals surface area contributed by atoms with E-state index < -0.39 is 6.04 Å². The number of amides is 1. The molecule has 1 aliphatic heterocycles. The molecule has 1 aliphatic rings. The molecule has 0 unspecified atom stereocenters. The maximum absolute atomic E-state index is 13.4. The molecule has 2 aromatic heterocycles. The van der Waals surface area contributed by atoms with Crippen LogP contribution in [0, 0.1) is 0 Å². The van der Waals surface area contributed by atoms with Crippen LogP contribution in [0.15, 0.2) is 102 Å². The second-order valence-corrected chi connectivity index (χ2v) is 8.55. The van der Waals surface area contributed by atoms with Gasteiger partial charge in [-0.25, -0.2) is 4.68 Å². The molecule has 0 aliphatic carbocycles. The summed E-state index contributed by atoms with van der Waals surface area (Å²) in [6.45, 7) is 1.89. The minimum absolute atomic E-state index is 0.207. The summed E-state index contributed by atoms with van der Waals surface area (Å²) in [6.07, 6.45) is 3.30. The van der Waals surface area contributed by atoms with Crippen LogP contribution in [0.5, 0.6) is 0 Å². The van der Waals surface area contributed by atoms with E-state index in [1.807, 2.05) is 61.5 Å². The van der Waals surface area contributed by atoms with E-state index >= 15 is 0 Å². The van der Waals surface area contributed by atoms with E-state index in [1.165, 1.54) is 5.56 Å². The van der Waals surface area contributed by atoms with Gasteiger partial charge in [0.2, 0.25) is 11.1 Å². The molecule has 2 N–H and O–H groups in total. The zero-order chi connectivity index (χ0) is 22.6. The van der Waals surface area contributed by atoms with E-state index in [2.05, 4.69) is 27.8 Å². The highest BCUT2D eigenvalue weighted by atomic mass is 32.2. The van der Waals surface area contributed by atoms with Gasteiger partial charge in [-0.05, 0) is 30.2 Å². The van der Waals surface area contributed by atoms with Gasteiger partial charge >= 0.3 is 0 Å². The average Bonchev–Trinajstić information content (AvgIpc) is 3.26. The van der Waals surface area contributed by atoms with Crippen molar-refractivity contribution in [2.45, 2.75) is 23.9 Å². The molecule has 0 bridgehead atoms. The molecule has 0 fully saturated rings. The maximum Gasteiger partial charge on any atom is 0.255 e. The largest absolute Gasteiger partial charge is 0.328 e. The predicted molar refractivity (Wildman–Crippen MR) is 130 cm³/mol. The molecule has 3 heterocycles. The number of hydrogen-bond acceptors (Lipinski definition) is 6. The van der Waals surface area contributed by atoms with Crippen LogP contribution < -0.4 is 10.6 Å². The normalized spacial score (nSPS) is 15.0. The molecular formula is C25H22N6OS. The summed E-state index contributed by atoms with van der Waals surface area (Å²) in [7, 11) is 0. The van der Waals surface area contributed by atoms with Gasteiger partial charge in [-0.3, -0.25) is 9.78 Å². The Morgan fingerprint density at radius 1 is 1.06 bits per heavy atom. The van der Waals surface area contributed by atoms with E-state index in [0.29, 0.717) is 22.4 Å². The van der Waals surface area contributed by atoms with Gasteiger partial charge in [-0.1, -0.05) is 72.4 Å². The van der Waals surface area contributed by atoms with Crippen LogP contribution in [0.3, 0.4) is 0 Å². The smallest absolute Gasteiger partial charge is 0.255 e. The van der Waals surface area contributed by atoms with Gasteiger partial charge in [-0.2, -0.15) is 4.98 Å². The second-order valence-electron chi connectivity index (χ2n) is 7.61. The van der Waals surface area contributed by atoms with Crippen LogP contribution in [0.2, 0.25) is 0 Å². The summed E-state index contributed by atoms with van der Waals surface area (Å²) in [5.41, 5.74) is 4.12. The lowest BCUT2D eigenvalue weighted by Crippen LogP contribution is -2.31. The number of fused-ring (bicyclic) bond motifs is 1. The van der Waals surface area contributed by atoms with Gasteiger partial charge < -0.3 is 10.6 Å². The summed E-state index contributed by atoms with van der Waals surface area (Å²) in [5.74, 6) is 1.18. The summed E-state index contributed by atoms with van der Waals surface area (Å²) >= 11 is 1.57. The van der Waals surface area contributed by atoms with E-state index in [9.17, 15) is 4.79 Å². The van der Waals surface area contributed by atoms with Crippen molar-refractivity contribution in [3.8, 4) is 0 Å². The zero-order valence-corrected chi connectivity index (χ0v) is 18.8. The Labute approximate surface area is 196 Å². The van der Waals surface area contributed by atoms with Gasteiger partial charge in [0.1, 0.15) is 6.04 Å². The van der Waals surface area contributed by atoms with Crippen molar-refractivity contribution in [2.75, 3.05) is 10.6 Å². The van der Waals surface area contributed by atoms with Crippen LogP contribution in [0.4, 0.5) is 11.6 Å². The molecule has 2 aromatic carbocycles. The molecule has 0 spiro atoms. The lowest BCUT2D eigenvalue weighted by Gasteiger charge is -2.28. The number of carbonyl (C=O) groups excluding carboxylic acids is 1. The zero-order valence-electron chi connectivity index (χ0n) is 18.0. The van der Waals surface area contributed by atoms with Gasteiger partial charge in [0.05, 0.1) is 17.5 Å². The molecule has 0 radical (unpaired) electrons. The van der Waals surface area contributed by atoms with Crippen molar-refractivity contribution < 1.29 is 4.79 Å². The lowest BCUT2D eigenvalue weighted by molar-refractivity contribution is -0.113. The third-order valence-electron chi connectivity index (χ3n) is 5.32. The Kier molecular flexibility index (Phi) is 5.91. The van der Waals surface area contributed by atoms with E-state index in [0.717, 1.165) is 17.0 Å². The SMILES string of the molecule is CC1=C(C(=O)Nc2cccnc2)[C@@H](c2ccccc2)n2nc(SCc3ccccc3)nc2N1. The number of allylic oxidation sites excluding steroid dienone is 1. The fourth-order valence-corrected chi connectivity index (χ4v) is 4.57. The van der Waals surface area contributed by atoms with Crippen LogP contribution >= 0.6 is 11.8 Å². The average molecular weight is 455 g/mol. The molecule has 8 heteroatoms. The molecule has 4 aromatic rings. The first-order chi connectivity index (χ1) is 16.2. The van der Waals surface area contributed by atoms with Crippen molar-refractivity contribution >= 4 is 29.3 Å². The topological polar surface area (TPSA) is 84.7 Å². The molecule has 1 atom stereocenters. The molecular weight excluding hydrogens is 432 g/mol. The second kappa shape index (κ2) is 9.30. The van der Waals surface area contributed by atoms with Crippen molar-refractivity contribution in [2.24, 2.45) is 0 Å². The molecule has 5 rings (SSSR count). The van der Waals surface area contributed by atoms with Crippen molar-refractivity contribution in [3.05, 3.63) is 108 Å². The van der Waals surface area contributed by atoms with Gasteiger partial charge in [-0.15, -0.1) is 5.10 Å². The molecule has 0 saturated heterocycles. The number of rotatable bonds is 6. The third kappa shape index (κ3) is 4.51. The number of thioether (sulfide) groups is 1. The highest BCUT2D eigenvalue weighted by Crippen LogP contribution is 2.36. The first-order valence-corrected chi connectivity index (χ1v) is 11.5. The number of hydrogen-bond donors (Lipinski definition) is 2. The molecule has 1 amide bonds. The number of nitrogens with one attached hydrogen (secondary N) is 2. The summed E-state index contributed by atoms with van der Waals surface area (Å²) in [6, 6.07) is 23.3. The number of nitrogens with zero attached hydrogens (tertiary/aromatic N) is 4. The molecule has 7 nitrogen and oxygen atoms in total. The van der Waals surface area contributed by atoms with E-state index in [4.69, 9.17) is 10.1 Å². The Hall–Kier alpha value is -3.91. The number of anilines is 2. The fourth-order valence-electron chi connectivity index (χ4n) is 3.79. The van der Waals surface area contributed by atoms with E-state index in [1.54, 1.807) is 34.9 Å². The maximum atomic E-state index is 13.4. The number of aromatic nitrogens is 4. The van der Waals surface area contributed by atoms with Crippen LogP contribution in [0.25, 0.3) is 0 Å². The first kappa shape index (κ1) is 21.0.